The van der Waals surface area contributed by atoms with Gasteiger partial charge in [0.25, 0.3) is 0 Å². The van der Waals surface area contributed by atoms with Crippen LogP contribution in [0.5, 0.6) is 0 Å². The average molecular weight is 342 g/mol. The van der Waals surface area contributed by atoms with E-state index in [2.05, 4.69) is 0 Å². The highest BCUT2D eigenvalue weighted by molar-refractivity contribution is 5.73. The molecule has 0 amide bonds. The second-order valence-electron chi connectivity index (χ2n) is 4.74. The molecule has 11 heteroatoms. The van der Waals surface area contributed by atoms with Gasteiger partial charge in [-0.3, -0.25) is 4.79 Å². The van der Waals surface area contributed by atoms with Crippen molar-refractivity contribution in [2.24, 2.45) is 11.5 Å². The van der Waals surface area contributed by atoms with Gasteiger partial charge in [0.05, 0.1) is 6.61 Å². The third kappa shape index (κ3) is 10.9. The van der Waals surface area contributed by atoms with Crippen molar-refractivity contribution in [3.8, 4) is 0 Å². The molecule has 11 N–H and O–H groups in total. The molecule has 0 fully saturated rings. The van der Waals surface area contributed by atoms with Gasteiger partial charge in [-0.2, -0.15) is 0 Å². The maximum absolute atomic E-state index is 10.1. The lowest BCUT2D eigenvalue weighted by Crippen LogP contribution is -2.48. The quantitative estimate of drug-likeness (QED) is 0.174. The van der Waals surface area contributed by atoms with Crippen LogP contribution >= 0.6 is 0 Å². The smallest absolute Gasteiger partial charge is 0.335 e. The molecule has 0 spiro atoms. The van der Waals surface area contributed by atoms with Crippen LogP contribution in [0.25, 0.3) is 0 Å². The molecule has 23 heavy (non-hydrogen) atoms. The van der Waals surface area contributed by atoms with E-state index in [4.69, 9.17) is 47.2 Å². The van der Waals surface area contributed by atoms with Crippen molar-refractivity contribution in [3.05, 3.63) is 0 Å². The van der Waals surface area contributed by atoms with Gasteiger partial charge in [-0.1, -0.05) is 6.42 Å². The largest absolute Gasteiger partial charge is 0.480 e. The first-order valence-corrected chi connectivity index (χ1v) is 6.84. The zero-order valence-electron chi connectivity index (χ0n) is 12.5. The molecule has 0 heterocycles. The summed E-state index contributed by atoms with van der Waals surface area (Å²) in [5, 5.41) is 60.1. The molecule has 0 bridgehead atoms. The number of rotatable bonds is 10. The number of nitrogens with two attached hydrogens (primary N) is 2. The fraction of sp³-hybridized carbons (Fsp3) is 0.833. The van der Waals surface area contributed by atoms with Gasteiger partial charge in [0.15, 0.2) is 6.10 Å². The van der Waals surface area contributed by atoms with Gasteiger partial charge >= 0.3 is 11.9 Å². The highest BCUT2D eigenvalue weighted by Crippen LogP contribution is 2.04. The van der Waals surface area contributed by atoms with Crippen LogP contribution in [-0.2, 0) is 9.59 Å². The average Bonchev–Trinajstić information content (AvgIpc) is 2.52. The van der Waals surface area contributed by atoms with E-state index in [0.29, 0.717) is 13.0 Å². The van der Waals surface area contributed by atoms with Crippen LogP contribution in [-0.4, -0.2) is 91.3 Å². The van der Waals surface area contributed by atoms with Gasteiger partial charge < -0.3 is 47.2 Å². The van der Waals surface area contributed by atoms with Crippen LogP contribution in [0.2, 0.25) is 0 Å². The van der Waals surface area contributed by atoms with E-state index in [0.717, 1.165) is 12.8 Å². The van der Waals surface area contributed by atoms with Crippen LogP contribution < -0.4 is 11.5 Å². The van der Waals surface area contributed by atoms with E-state index in [9.17, 15) is 9.59 Å². The standard InChI is InChI=1S/C6H14N2O2.C6H12O7/c7-4-2-1-3-5(8)6(9)10;7-1-2(8)3(9)4(10)5(11)6(12)13/h5H,1-4,7-8H2,(H,9,10);2-5,7-11H,1H2,(H,12,13)/t5-;2-,3-,4+,5-/m01/s1. The van der Waals surface area contributed by atoms with Crippen molar-refractivity contribution >= 4 is 11.9 Å². The zero-order valence-corrected chi connectivity index (χ0v) is 12.5. The summed E-state index contributed by atoms with van der Waals surface area (Å²) < 4.78 is 0. The van der Waals surface area contributed by atoms with Gasteiger partial charge in [-0.05, 0) is 19.4 Å². The first-order chi connectivity index (χ1) is 10.6. The lowest BCUT2D eigenvalue weighted by Gasteiger charge is -2.23. The van der Waals surface area contributed by atoms with Crippen molar-refractivity contribution in [2.75, 3.05) is 13.2 Å². The maximum atomic E-state index is 10.1. The Hall–Kier alpha value is -1.34. The Morgan fingerprint density at radius 2 is 1.43 bits per heavy atom. The molecule has 0 aliphatic heterocycles. The highest BCUT2D eigenvalue weighted by Gasteiger charge is 2.33. The molecule has 5 atom stereocenters. The molecule has 0 saturated carbocycles. The van der Waals surface area contributed by atoms with Crippen LogP contribution in [0.1, 0.15) is 19.3 Å². The molecular formula is C12H26N2O9. The fourth-order valence-electron chi connectivity index (χ4n) is 1.30. The van der Waals surface area contributed by atoms with Crippen LogP contribution in [0, 0.1) is 0 Å². The molecule has 0 saturated heterocycles. The number of hydrogen-bond donors (Lipinski definition) is 9. The molecule has 138 valence electrons. The monoisotopic (exact) mass is 342 g/mol. The minimum Gasteiger partial charge on any atom is -0.480 e. The van der Waals surface area contributed by atoms with Gasteiger partial charge in [0.2, 0.25) is 0 Å². The van der Waals surface area contributed by atoms with Crippen LogP contribution in [0.3, 0.4) is 0 Å². The van der Waals surface area contributed by atoms with E-state index >= 15 is 0 Å². The molecular weight excluding hydrogens is 316 g/mol. The van der Waals surface area contributed by atoms with Gasteiger partial charge in [-0.25, -0.2) is 4.79 Å². The predicted octanol–water partition coefficient (Wildman–Crippen LogP) is -3.97. The summed E-state index contributed by atoms with van der Waals surface area (Å²) >= 11 is 0. The van der Waals surface area contributed by atoms with Crippen LogP contribution in [0.4, 0.5) is 0 Å². The first-order valence-electron chi connectivity index (χ1n) is 6.84. The Kier molecular flexibility index (Phi) is 13.7. The minimum absolute atomic E-state index is 0.520. The molecule has 0 aromatic carbocycles. The number of carboxylic acid groups (broad SMARTS) is 2. The molecule has 0 unspecified atom stereocenters. The minimum atomic E-state index is -2.20. The predicted molar refractivity (Wildman–Crippen MR) is 77.3 cm³/mol. The van der Waals surface area contributed by atoms with Gasteiger partial charge in [-0.15, -0.1) is 0 Å². The van der Waals surface area contributed by atoms with Gasteiger partial charge in [0, 0.05) is 0 Å². The van der Waals surface area contributed by atoms with E-state index in [1.165, 1.54) is 0 Å². The number of carboxylic acids is 2. The molecule has 0 aliphatic rings. The van der Waals surface area contributed by atoms with Crippen molar-refractivity contribution in [1.29, 1.82) is 0 Å². The third-order valence-corrected chi connectivity index (χ3v) is 2.79. The van der Waals surface area contributed by atoms with Crippen molar-refractivity contribution in [1.82, 2.24) is 0 Å². The Balaban J connectivity index is 0. The fourth-order valence-corrected chi connectivity index (χ4v) is 1.30. The maximum Gasteiger partial charge on any atom is 0.335 e. The molecule has 0 aromatic heterocycles. The van der Waals surface area contributed by atoms with E-state index in [-0.39, 0.29) is 0 Å². The summed E-state index contributed by atoms with van der Waals surface area (Å²) in [7, 11) is 0. The Labute approximate surface area is 132 Å². The van der Waals surface area contributed by atoms with E-state index < -0.39 is 49.0 Å². The number of unbranched alkanes of at least 4 members (excludes halogenated alkanes) is 1. The van der Waals surface area contributed by atoms with Crippen molar-refractivity contribution in [2.45, 2.75) is 49.7 Å². The Bertz CT molecular complexity index is 342. The molecule has 11 nitrogen and oxygen atoms in total. The second-order valence-corrected chi connectivity index (χ2v) is 4.74. The summed E-state index contributed by atoms with van der Waals surface area (Å²) in [4.78, 5) is 20.2. The highest BCUT2D eigenvalue weighted by atomic mass is 16.4. The molecule has 0 aromatic rings. The Morgan fingerprint density at radius 3 is 1.78 bits per heavy atom. The summed E-state index contributed by atoms with van der Waals surface area (Å²) in [5.74, 6) is -2.66. The number of aliphatic carboxylic acids is 2. The molecule has 0 aliphatic carbocycles. The first kappa shape index (κ1) is 23.9. The summed E-state index contributed by atoms with van der Waals surface area (Å²) in [6.45, 7) is -0.239. The van der Waals surface area contributed by atoms with Crippen molar-refractivity contribution in [3.63, 3.8) is 0 Å². The second kappa shape index (κ2) is 13.1. The number of aliphatic hydroxyl groups excluding tert-OH is 5. The topological polar surface area (TPSA) is 228 Å². The van der Waals surface area contributed by atoms with Gasteiger partial charge in [0.1, 0.15) is 24.4 Å². The number of carbonyl (C=O) groups is 2. The zero-order chi connectivity index (χ0) is 18.6. The number of hydrogen-bond acceptors (Lipinski definition) is 9. The number of aliphatic hydroxyl groups is 5. The summed E-state index contributed by atoms with van der Waals surface area (Å²) in [6, 6.07) is -0.716. The summed E-state index contributed by atoms with van der Waals surface area (Å²) in [6.07, 6.45) is -5.67. The molecule has 0 radical (unpaired) electrons. The third-order valence-electron chi connectivity index (χ3n) is 2.79. The van der Waals surface area contributed by atoms with Crippen LogP contribution in [0.15, 0.2) is 0 Å². The lowest BCUT2D eigenvalue weighted by atomic mass is 10.0. The Morgan fingerprint density at radius 1 is 0.913 bits per heavy atom. The lowest BCUT2D eigenvalue weighted by molar-refractivity contribution is -0.164. The summed E-state index contributed by atoms with van der Waals surface area (Å²) in [5.41, 5.74) is 10.4. The van der Waals surface area contributed by atoms with E-state index in [1.54, 1.807) is 0 Å². The van der Waals surface area contributed by atoms with E-state index in [1.807, 2.05) is 0 Å². The normalized spacial score (nSPS) is 17.2. The van der Waals surface area contributed by atoms with Crippen molar-refractivity contribution < 1.29 is 45.3 Å². The SMILES string of the molecule is NCCCC[C@H](N)C(=O)O.O=C(O)[C@H](O)[C@@H](O)[C@H](O)[C@H](O)CO. The molecule has 0 rings (SSSR count).